The molecular weight excluding hydrogens is 322 g/mol. The molecule has 0 amide bonds. The smallest absolute Gasteiger partial charge is 0.828 e. The van der Waals surface area contributed by atoms with Crippen LogP contribution in [0.25, 0.3) is 0 Å². The summed E-state index contributed by atoms with van der Waals surface area (Å²) in [6.07, 6.45) is 0. The molecule has 0 unspecified atom stereocenters. The molecule has 0 aliphatic heterocycles. The Bertz CT molecular complexity index is 110. The van der Waals surface area contributed by atoms with Crippen molar-refractivity contribution in [2.75, 3.05) is 6.61 Å². The van der Waals surface area contributed by atoms with E-state index >= 15 is 0 Å². The van der Waals surface area contributed by atoms with E-state index < -0.39 is 14.1 Å². The molecule has 0 rings (SSSR count). The minimum Gasteiger partial charge on any atom is -0.828 e. The largest absolute Gasteiger partial charge is 3.00 e. The van der Waals surface area contributed by atoms with Crippen molar-refractivity contribution >= 4 is 9.05 Å². The van der Waals surface area contributed by atoms with Gasteiger partial charge in [-0.1, -0.05) is 0 Å². The van der Waals surface area contributed by atoms with Gasteiger partial charge < -0.3 is 34.1 Å². The summed E-state index contributed by atoms with van der Waals surface area (Å²) in [7, 11) is -4.66. The molecule has 0 saturated heterocycles. The van der Waals surface area contributed by atoms with Crippen molar-refractivity contribution in [2.24, 2.45) is 0 Å². The Morgan fingerprint density at radius 2 is 1.75 bits per heavy atom. The molecule has 0 fully saturated rings. The van der Waals surface area contributed by atoms with Crippen LogP contribution in [0.3, 0.4) is 0 Å². The van der Waals surface area contributed by atoms with Crippen molar-refractivity contribution in [3.8, 4) is 0 Å². The summed E-state index contributed by atoms with van der Waals surface area (Å²) in [5.41, 5.74) is 0. The molecule has 0 heterocycles. The van der Waals surface area contributed by atoms with E-state index in [0.29, 0.717) is 0 Å². The van der Waals surface area contributed by atoms with Gasteiger partial charge in [-0.15, -0.1) is 0 Å². The minimum atomic E-state index is -4.66. The first-order valence-corrected chi connectivity index (χ1v) is 4.05. The van der Waals surface area contributed by atoms with E-state index in [1.807, 2.05) is 0 Å². The maximum absolute atomic E-state index is 9.62. The van der Waals surface area contributed by atoms with Crippen LogP contribution >= 0.6 is 0 Å². The fraction of sp³-hybridized carbons (Fsp3) is 1.00. The SMILES string of the molecule is CCO[Si]([O-])([O-])O.O=[N+]([O-])[O-].[Nd+3]. The quantitative estimate of drug-likeness (QED) is 0.322. The molecule has 0 aromatic rings. The van der Waals surface area contributed by atoms with Crippen LogP contribution in [0.1, 0.15) is 6.92 Å². The average Bonchev–Trinajstić information content (AvgIpc) is 1.58. The molecule has 0 spiro atoms. The summed E-state index contributed by atoms with van der Waals surface area (Å²) in [6, 6.07) is 0. The molecule has 0 aliphatic carbocycles. The second kappa shape index (κ2) is 9.69. The summed E-state index contributed by atoms with van der Waals surface area (Å²) >= 11 is 0. The third kappa shape index (κ3) is 46.1. The number of nitrogens with zero attached hydrogens (tertiary/aromatic N) is 1. The number of rotatable bonds is 2. The van der Waals surface area contributed by atoms with Gasteiger partial charge in [-0.25, -0.2) is 0 Å². The molecule has 8 nitrogen and oxygen atoms in total. The van der Waals surface area contributed by atoms with Gasteiger partial charge in [0, 0.05) is 6.61 Å². The Morgan fingerprint density at radius 1 is 1.50 bits per heavy atom. The van der Waals surface area contributed by atoms with Gasteiger partial charge in [0.25, 0.3) is 0 Å². The molecule has 0 aromatic heterocycles. The fourth-order valence-corrected chi connectivity index (χ4v) is 0.547. The summed E-state index contributed by atoms with van der Waals surface area (Å²) in [4.78, 5) is 35.3. The normalized spacial score (nSPS) is 9.00. The van der Waals surface area contributed by atoms with Crippen molar-refractivity contribution in [3.05, 3.63) is 15.3 Å². The van der Waals surface area contributed by atoms with Crippen molar-refractivity contribution in [2.45, 2.75) is 6.92 Å². The van der Waals surface area contributed by atoms with Crippen LogP contribution < -0.4 is 9.59 Å². The van der Waals surface area contributed by atoms with Crippen LogP contribution in [0.5, 0.6) is 0 Å². The first-order valence-electron chi connectivity index (χ1n) is 2.38. The van der Waals surface area contributed by atoms with E-state index in [1.54, 1.807) is 0 Å². The van der Waals surface area contributed by atoms with Gasteiger partial charge in [-0.2, -0.15) is 0 Å². The minimum absolute atomic E-state index is 0. The van der Waals surface area contributed by atoms with E-state index in [2.05, 4.69) is 4.43 Å². The maximum Gasteiger partial charge on any atom is 3.00 e. The Hall–Kier alpha value is 0.608. The second-order valence-electron chi connectivity index (χ2n) is 1.18. The first kappa shape index (κ1) is 18.4. The molecule has 12 heavy (non-hydrogen) atoms. The molecular formula is C2H6NNdO7Si. The molecule has 0 atom stereocenters. The summed E-state index contributed by atoms with van der Waals surface area (Å²) in [5, 5.41) is 14.8. The molecule has 1 N–H and O–H groups in total. The standard InChI is InChI=1S/C2H6O4Si.NO3.Nd/c1-2-6-7(3,4)5;2-1(3)4;/h3H,2H2,1H3;;/q-2;-1;+3. The van der Waals surface area contributed by atoms with E-state index in [-0.39, 0.29) is 47.4 Å². The van der Waals surface area contributed by atoms with Gasteiger partial charge in [0.2, 0.25) is 0 Å². The molecule has 0 aliphatic rings. The Kier molecular flexibility index (Phi) is 14.9. The van der Waals surface area contributed by atoms with Gasteiger partial charge in [-0.05, 0) is 6.92 Å². The van der Waals surface area contributed by atoms with Gasteiger partial charge in [0.1, 0.15) is 9.05 Å². The number of hydrogen-bond donors (Lipinski definition) is 1. The molecule has 10 heteroatoms. The zero-order valence-corrected chi connectivity index (χ0v) is 10.3. The van der Waals surface area contributed by atoms with Crippen LogP contribution in [0.4, 0.5) is 0 Å². The first-order chi connectivity index (χ1) is 4.79. The Balaban J connectivity index is -0.000000142. The van der Waals surface area contributed by atoms with Gasteiger partial charge in [-0.3, -0.25) is 0 Å². The van der Waals surface area contributed by atoms with E-state index in [4.69, 9.17) is 20.1 Å². The summed E-state index contributed by atoms with van der Waals surface area (Å²) in [5.74, 6) is 0. The van der Waals surface area contributed by atoms with Crippen molar-refractivity contribution in [3.63, 3.8) is 0 Å². The maximum atomic E-state index is 9.62. The Labute approximate surface area is 102 Å². The van der Waals surface area contributed by atoms with Crippen LogP contribution in [0.15, 0.2) is 0 Å². The zero-order valence-electron chi connectivity index (χ0n) is 6.05. The number of hydrogen-bond acceptors (Lipinski definition) is 7. The van der Waals surface area contributed by atoms with Crippen LogP contribution in [0.2, 0.25) is 0 Å². The van der Waals surface area contributed by atoms with Crippen LogP contribution in [-0.2, 0) is 4.43 Å². The monoisotopic (exact) mass is 326 g/mol. The predicted molar refractivity (Wildman–Crippen MR) is 30.0 cm³/mol. The zero-order chi connectivity index (χ0) is 9.49. The van der Waals surface area contributed by atoms with E-state index in [9.17, 15) is 9.59 Å². The van der Waals surface area contributed by atoms with Crippen molar-refractivity contribution in [1.29, 1.82) is 0 Å². The summed E-state index contributed by atoms with van der Waals surface area (Å²) in [6.45, 7) is 1.48. The van der Waals surface area contributed by atoms with Crippen molar-refractivity contribution < 1.29 is 64.7 Å². The Morgan fingerprint density at radius 3 is 1.75 bits per heavy atom. The van der Waals surface area contributed by atoms with Gasteiger partial charge in [0.15, 0.2) is 0 Å². The topological polar surface area (TPSA) is 142 Å². The molecule has 0 bridgehead atoms. The van der Waals surface area contributed by atoms with Gasteiger partial charge in [0.05, 0.1) is 5.09 Å². The van der Waals surface area contributed by atoms with Gasteiger partial charge >= 0.3 is 40.8 Å². The summed E-state index contributed by atoms with van der Waals surface area (Å²) < 4.78 is 3.81. The molecule has 69 valence electrons. The molecule has 0 aromatic carbocycles. The molecule has 1 radical (unpaired) electrons. The fourth-order valence-electron chi connectivity index (χ4n) is 0.182. The third-order valence-corrected chi connectivity index (χ3v) is 0.980. The van der Waals surface area contributed by atoms with Crippen molar-refractivity contribution in [1.82, 2.24) is 0 Å². The van der Waals surface area contributed by atoms with Crippen LogP contribution in [-0.4, -0.2) is 25.5 Å². The second-order valence-corrected chi connectivity index (χ2v) is 2.52. The third-order valence-electron chi connectivity index (χ3n) is 0.327. The van der Waals surface area contributed by atoms with E-state index in [1.165, 1.54) is 6.92 Å². The molecule has 0 saturated carbocycles. The predicted octanol–water partition coefficient (Wildman–Crippen LogP) is -3.07. The van der Waals surface area contributed by atoms with Crippen LogP contribution in [0, 0.1) is 56.2 Å². The van der Waals surface area contributed by atoms with E-state index in [0.717, 1.165) is 0 Å². The average molecular weight is 328 g/mol.